The predicted octanol–water partition coefficient (Wildman–Crippen LogP) is 6.18. The van der Waals surface area contributed by atoms with Gasteiger partial charge in [-0.15, -0.1) is 0 Å². The molecule has 8 aromatic rings. The van der Waals surface area contributed by atoms with E-state index < -0.39 is 0 Å². The van der Waals surface area contributed by atoms with Crippen LogP contribution in [0.25, 0.3) is 65.8 Å². The molecule has 10 rings (SSSR count). The molecule has 3 heteroatoms. The quantitative estimate of drug-likeness (QED) is 0.236. The first-order valence-corrected chi connectivity index (χ1v) is 13.0. The van der Waals surface area contributed by atoms with E-state index in [1.807, 2.05) is 0 Å². The molecule has 6 aromatic carbocycles. The molecule has 2 aliphatic heterocycles. The van der Waals surface area contributed by atoms with Crippen molar-refractivity contribution in [3.63, 3.8) is 0 Å². The van der Waals surface area contributed by atoms with E-state index in [4.69, 9.17) is 0 Å². The van der Waals surface area contributed by atoms with Crippen molar-refractivity contribution in [3.8, 4) is 11.4 Å². The first-order chi connectivity index (χ1) is 18.4. The molecule has 2 aromatic heterocycles. The van der Waals surface area contributed by atoms with Crippen LogP contribution in [0, 0.1) is 0 Å². The normalized spacial score (nSPS) is 13.4. The highest BCUT2D eigenvalue weighted by Gasteiger charge is 2.41. The monoisotopic (exact) mass is 466 g/mol. The topological polar surface area (TPSA) is 9.86 Å². The third-order valence-corrected chi connectivity index (χ3v) is 8.88. The molecular formula is C34H19BN2. The van der Waals surface area contributed by atoms with Crippen molar-refractivity contribution in [2.75, 3.05) is 0 Å². The Morgan fingerprint density at radius 1 is 0.432 bits per heavy atom. The Bertz CT molecular complexity index is 2320. The maximum absolute atomic E-state index is 2.54. The fraction of sp³-hybridized carbons (Fsp3) is 0. The molecule has 168 valence electrons. The number of para-hydroxylation sites is 3. The fourth-order valence-electron chi connectivity index (χ4n) is 7.58. The number of hydrogen-bond donors (Lipinski definition) is 0. The van der Waals surface area contributed by atoms with Crippen LogP contribution < -0.4 is 16.4 Å². The summed E-state index contributed by atoms with van der Waals surface area (Å²) in [5.41, 5.74) is 12.1. The number of rotatable bonds is 0. The van der Waals surface area contributed by atoms with Crippen molar-refractivity contribution in [2.24, 2.45) is 0 Å². The second kappa shape index (κ2) is 6.14. The highest BCUT2D eigenvalue weighted by atomic mass is 15.0. The van der Waals surface area contributed by atoms with Gasteiger partial charge in [0.05, 0.1) is 11.0 Å². The first kappa shape index (κ1) is 18.5. The minimum absolute atomic E-state index is 0.178. The van der Waals surface area contributed by atoms with Crippen LogP contribution in [0.15, 0.2) is 115 Å². The van der Waals surface area contributed by atoms with Gasteiger partial charge in [0.15, 0.2) is 0 Å². The largest absolute Gasteiger partial charge is 0.310 e. The summed E-state index contributed by atoms with van der Waals surface area (Å²) < 4.78 is 5.06. The smallest absolute Gasteiger partial charge is 0.253 e. The summed E-state index contributed by atoms with van der Waals surface area (Å²) in [6.45, 7) is 0.178. The number of nitrogens with zero attached hydrogens (tertiary/aromatic N) is 2. The van der Waals surface area contributed by atoms with Crippen molar-refractivity contribution < 1.29 is 0 Å². The first-order valence-electron chi connectivity index (χ1n) is 13.0. The van der Waals surface area contributed by atoms with E-state index in [1.54, 1.807) is 0 Å². The minimum Gasteiger partial charge on any atom is -0.310 e. The van der Waals surface area contributed by atoms with Gasteiger partial charge < -0.3 is 9.13 Å². The summed E-state index contributed by atoms with van der Waals surface area (Å²) in [7, 11) is 0. The van der Waals surface area contributed by atoms with Gasteiger partial charge in [0, 0.05) is 44.0 Å². The minimum atomic E-state index is 0.178. The van der Waals surface area contributed by atoms with E-state index in [0.717, 1.165) is 0 Å². The number of hydrogen-bond acceptors (Lipinski definition) is 0. The van der Waals surface area contributed by atoms with E-state index in [-0.39, 0.29) is 6.71 Å². The number of fused-ring (bicyclic) bond motifs is 12. The second-order valence-electron chi connectivity index (χ2n) is 10.5. The Balaban J connectivity index is 1.54. The maximum atomic E-state index is 2.54. The molecular weight excluding hydrogens is 447 g/mol. The summed E-state index contributed by atoms with van der Waals surface area (Å²) in [6.07, 6.45) is 0. The summed E-state index contributed by atoms with van der Waals surface area (Å²) in [5.74, 6) is 0. The van der Waals surface area contributed by atoms with E-state index in [1.165, 1.54) is 82.1 Å². The zero-order chi connectivity index (χ0) is 23.8. The number of aromatic nitrogens is 2. The fourth-order valence-corrected chi connectivity index (χ4v) is 7.58. The molecule has 0 radical (unpaired) electrons. The van der Waals surface area contributed by atoms with Gasteiger partial charge in [0.1, 0.15) is 0 Å². The molecule has 0 spiro atoms. The molecule has 0 unspecified atom stereocenters. The van der Waals surface area contributed by atoms with Crippen LogP contribution in [-0.2, 0) is 0 Å². The van der Waals surface area contributed by atoms with E-state index >= 15 is 0 Å². The third kappa shape index (κ3) is 1.98. The summed E-state index contributed by atoms with van der Waals surface area (Å²) in [4.78, 5) is 0. The van der Waals surface area contributed by atoms with Crippen molar-refractivity contribution in [1.82, 2.24) is 9.13 Å². The van der Waals surface area contributed by atoms with Crippen LogP contribution in [-0.4, -0.2) is 15.8 Å². The standard InChI is InChI=1S/C34H19BN2/c1-2-10-21-20(9-1)19-25-23-12-4-6-16-28(23)37-30-18-8-17-29-32(30)35(31(21)34(25)37)26-14-7-13-24-22-11-3-5-15-27(22)36(29)33(24)26/h1-19H. The summed E-state index contributed by atoms with van der Waals surface area (Å²) in [5, 5.41) is 8.00. The van der Waals surface area contributed by atoms with Gasteiger partial charge in [-0.2, -0.15) is 0 Å². The van der Waals surface area contributed by atoms with Crippen molar-refractivity contribution in [3.05, 3.63) is 115 Å². The zero-order valence-electron chi connectivity index (χ0n) is 19.9. The molecule has 0 amide bonds. The SMILES string of the molecule is c1cc2c3c(c1)-n1c4ccccc4c4cc5ccccc5c(c41)B3c1cccc3c4ccccc4n-2c13. The Morgan fingerprint density at radius 2 is 1.03 bits per heavy atom. The molecule has 2 aliphatic rings. The van der Waals surface area contributed by atoms with Gasteiger partial charge >= 0.3 is 0 Å². The lowest BCUT2D eigenvalue weighted by molar-refractivity contribution is 1.14. The molecule has 0 aliphatic carbocycles. The maximum Gasteiger partial charge on any atom is 0.253 e. The van der Waals surface area contributed by atoms with E-state index in [9.17, 15) is 0 Å². The molecule has 2 nitrogen and oxygen atoms in total. The predicted molar refractivity (Wildman–Crippen MR) is 157 cm³/mol. The highest BCUT2D eigenvalue weighted by Crippen LogP contribution is 2.39. The Kier molecular flexibility index (Phi) is 3.07. The molecule has 4 heterocycles. The Hall–Kier alpha value is -4.76. The van der Waals surface area contributed by atoms with Crippen molar-refractivity contribution >= 4 is 77.5 Å². The van der Waals surface area contributed by atoms with Crippen LogP contribution in [0.4, 0.5) is 0 Å². The van der Waals surface area contributed by atoms with Crippen LogP contribution in [0.1, 0.15) is 0 Å². The van der Waals surface area contributed by atoms with Crippen LogP contribution in [0.3, 0.4) is 0 Å². The molecule has 0 saturated heterocycles. The second-order valence-corrected chi connectivity index (χ2v) is 10.5. The third-order valence-electron chi connectivity index (χ3n) is 8.88. The van der Waals surface area contributed by atoms with Gasteiger partial charge in [0.25, 0.3) is 6.71 Å². The molecule has 37 heavy (non-hydrogen) atoms. The van der Waals surface area contributed by atoms with Gasteiger partial charge in [-0.05, 0) is 57.5 Å². The Morgan fingerprint density at radius 3 is 1.81 bits per heavy atom. The summed E-state index contributed by atoms with van der Waals surface area (Å²) >= 11 is 0. The van der Waals surface area contributed by atoms with Crippen molar-refractivity contribution in [1.29, 1.82) is 0 Å². The van der Waals surface area contributed by atoms with Gasteiger partial charge in [-0.25, -0.2) is 0 Å². The number of benzene rings is 6. The van der Waals surface area contributed by atoms with Gasteiger partial charge in [-0.3, -0.25) is 0 Å². The molecule has 0 saturated carbocycles. The average molecular weight is 466 g/mol. The lowest BCUT2D eigenvalue weighted by Gasteiger charge is -2.34. The summed E-state index contributed by atoms with van der Waals surface area (Å²) in [6, 6.07) is 43.0. The Labute approximate surface area is 213 Å². The lowest BCUT2D eigenvalue weighted by atomic mass is 9.33. The van der Waals surface area contributed by atoms with Gasteiger partial charge in [-0.1, -0.05) is 84.9 Å². The van der Waals surface area contributed by atoms with Crippen molar-refractivity contribution in [2.45, 2.75) is 0 Å². The van der Waals surface area contributed by atoms with Gasteiger partial charge in [0.2, 0.25) is 0 Å². The van der Waals surface area contributed by atoms with Crippen LogP contribution in [0.2, 0.25) is 0 Å². The highest BCUT2D eigenvalue weighted by molar-refractivity contribution is 7.01. The molecule has 0 bridgehead atoms. The zero-order valence-corrected chi connectivity index (χ0v) is 19.9. The van der Waals surface area contributed by atoms with E-state index in [2.05, 4.69) is 124 Å². The lowest BCUT2D eigenvalue weighted by Crippen LogP contribution is -2.59. The average Bonchev–Trinajstić information content (AvgIpc) is 3.47. The molecule has 0 atom stereocenters. The van der Waals surface area contributed by atoms with Crippen LogP contribution >= 0.6 is 0 Å². The van der Waals surface area contributed by atoms with Crippen LogP contribution in [0.5, 0.6) is 0 Å². The molecule has 0 N–H and O–H groups in total. The molecule has 0 fully saturated rings. The van der Waals surface area contributed by atoms with E-state index in [0.29, 0.717) is 0 Å².